The summed E-state index contributed by atoms with van der Waals surface area (Å²) < 4.78 is 8.53. The van der Waals surface area contributed by atoms with Crippen LogP contribution in [0.2, 0.25) is 0 Å². The SMILES string of the molecule is Cc1nc(N2CCOCC2)c2ncn(-c3ccc(C(C)C)cc3Br)c2n1. The van der Waals surface area contributed by atoms with E-state index in [1.54, 1.807) is 0 Å². The molecule has 4 rings (SSSR count). The Labute approximate surface area is 161 Å². The topological polar surface area (TPSA) is 56.1 Å². The third-order valence-electron chi connectivity index (χ3n) is 4.70. The van der Waals surface area contributed by atoms with Crippen molar-refractivity contribution in [2.24, 2.45) is 0 Å². The Hall–Kier alpha value is -1.99. The number of fused-ring (bicyclic) bond motifs is 1. The highest BCUT2D eigenvalue weighted by atomic mass is 79.9. The number of morpholine rings is 1. The van der Waals surface area contributed by atoms with Gasteiger partial charge < -0.3 is 9.64 Å². The molecule has 1 aliphatic heterocycles. The van der Waals surface area contributed by atoms with Crippen LogP contribution in [0.15, 0.2) is 29.0 Å². The quantitative estimate of drug-likeness (QED) is 0.649. The van der Waals surface area contributed by atoms with Crippen molar-refractivity contribution in [3.05, 3.63) is 40.4 Å². The van der Waals surface area contributed by atoms with E-state index in [0.29, 0.717) is 19.1 Å². The van der Waals surface area contributed by atoms with Crippen LogP contribution in [-0.4, -0.2) is 45.8 Å². The molecule has 0 aliphatic carbocycles. The minimum absolute atomic E-state index is 0.484. The van der Waals surface area contributed by atoms with E-state index in [-0.39, 0.29) is 0 Å². The lowest BCUT2D eigenvalue weighted by Gasteiger charge is -2.28. The smallest absolute Gasteiger partial charge is 0.170 e. The van der Waals surface area contributed by atoms with Crippen LogP contribution in [0.3, 0.4) is 0 Å². The monoisotopic (exact) mass is 415 g/mol. The Kier molecular flexibility index (Phi) is 4.67. The van der Waals surface area contributed by atoms with E-state index >= 15 is 0 Å². The Balaban J connectivity index is 1.84. The third kappa shape index (κ3) is 3.10. The highest BCUT2D eigenvalue weighted by Crippen LogP contribution is 2.30. The first-order valence-corrected chi connectivity index (χ1v) is 9.68. The van der Waals surface area contributed by atoms with Gasteiger partial charge in [0.1, 0.15) is 12.2 Å². The molecule has 6 nitrogen and oxygen atoms in total. The molecule has 0 saturated carbocycles. The van der Waals surface area contributed by atoms with E-state index < -0.39 is 0 Å². The standard InChI is InChI=1S/C19H22BrN5O/c1-12(2)14-4-5-16(15(20)10-14)25-11-21-17-18(22-13(3)23-19(17)25)24-6-8-26-9-7-24/h4-5,10-12H,6-9H2,1-3H3. The number of ether oxygens (including phenoxy) is 1. The number of aromatic nitrogens is 4. The van der Waals surface area contributed by atoms with Crippen LogP contribution < -0.4 is 4.90 Å². The Morgan fingerprint density at radius 2 is 1.92 bits per heavy atom. The summed E-state index contributed by atoms with van der Waals surface area (Å²) in [6.07, 6.45) is 1.83. The van der Waals surface area contributed by atoms with Crippen molar-refractivity contribution in [3.63, 3.8) is 0 Å². The average molecular weight is 416 g/mol. The summed E-state index contributed by atoms with van der Waals surface area (Å²) in [5.74, 6) is 2.12. The maximum atomic E-state index is 5.47. The first-order valence-electron chi connectivity index (χ1n) is 8.89. The van der Waals surface area contributed by atoms with E-state index in [1.807, 2.05) is 17.8 Å². The maximum Gasteiger partial charge on any atom is 0.170 e. The van der Waals surface area contributed by atoms with Crippen LogP contribution in [0.5, 0.6) is 0 Å². The van der Waals surface area contributed by atoms with Gasteiger partial charge in [0.2, 0.25) is 0 Å². The van der Waals surface area contributed by atoms with Crippen molar-refractivity contribution in [2.45, 2.75) is 26.7 Å². The second kappa shape index (κ2) is 6.96. The van der Waals surface area contributed by atoms with E-state index in [9.17, 15) is 0 Å². The molecule has 1 aromatic carbocycles. The molecule has 0 atom stereocenters. The highest BCUT2D eigenvalue weighted by molar-refractivity contribution is 9.10. The highest BCUT2D eigenvalue weighted by Gasteiger charge is 2.20. The number of imidazole rings is 1. The number of rotatable bonds is 3. The molecule has 1 saturated heterocycles. The fourth-order valence-electron chi connectivity index (χ4n) is 3.24. The van der Waals surface area contributed by atoms with Gasteiger partial charge in [0.25, 0.3) is 0 Å². The molecular formula is C19H22BrN5O. The summed E-state index contributed by atoms with van der Waals surface area (Å²) in [6.45, 7) is 9.40. The summed E-state index contributed by atoms with van der Waals surface area (Å²) in [6, 6.07) is 6.45. The van der Waals surface area contributed by atoms with Gasteiger partial charge >= 0.3 is 0 Å². The molecule has 3 aromatic rings. The molecule has 26 heavy (non-hydrogen) atoms. The molecule has 0 spiro atoms. The number of hydrogen-bond donors (Lipinski definition) is 0. The van der Waals surface area contributed by atoms with E-state index in [1.165, 1.54) is 5.56 Å². The summed E-state index contributed by atoms with van der Waals surface area (Å²) in [5, 5.41) is 0. The maximum absolute atomic E-state index is 5.47. The molecular weight excluding hydrogens is 394 g/mol. The predicted molar refractivity (Wildman–Crippen MR) is 106 cm³/mol. The molecule has 0 bridgehead atoms. The number of nitrogens with zero attached hydrogens (tertiary/aromatic N) is 5. The van der Waals surface area contributed by atoms with Crippen LogP contribution in [0.25, 0.3) is 16.9 Å². The number of hydrogen-bond acceptors (Lipinski definition) is 5. The fraction of sp³-hybridized carbons (Fsp3) is 0.421. The van der Waals surface area contributed by atoms with Gasteiger partial charge in [0.05, 0.1) is 18.9 Å². The van der Waals surface area contributed by atoms with Crippen LogP contribution in [0.1, 0.15) is 31.2 Å². The second-order valence-corrected chi connectivity index (χ2v) is 7.70. The minimum Gasteiger partial charge on any atom is -0.378 e. The van der Waals surface area contributed by atoms with Gasteiger partial charge in [-0.15, -0.1) is 0 Å². The lowest BCUT2D eigenvalue weighted by Crippen LogP contribution is -2.37. The summed E-state index contributed by atoms with van der Waals surface area (Å²) in [4.78, 5) is 16.2. The van der Waals surface area contributed by atoms with Crippen molar-refractivity contribution in [1.29, 1.82) is 0 Å². The van der Waals surface area contributed by atoms with Gasteiger partial charge in [-0.3, -0.25) is 4.57 Å². The van der Waals surface area contributed by atoms with E-state index in [2.05, 4.69) is 67.8 Å². The van der Waals surface area contributed by atoms with Crippen LogP contribution in [-0.2, 0) is 4.74 Å². The molecule has 136 valence electrons. The molecule has 7 heteroatoms. The molecule has 0 unspecified atom stereocenters. The zero-order valence-corrected chi connectivity index (χ0v) is 16.8. The van der Waals surface area contributed by atoms with Crippen molar-refractivity contribution in [1.82, 2.24) is 19.5 Å². The molecule has 1 fully saturated rings. The van der Waals surface area contributed by atoms with E-state index in [0.717, 1.165) is 46.1 Å². The van der Waals surface area contributed by atoms with Gasteiger partial charge in [0.15, 0.2) is 17.0 Å². The van der Waals surface area contributed by atoms with Crippen molar-refractivity contribution >= 4 is 32.9 Å². The van der Waals surface area contributed by atoms with Crippen LogP contribution in [0, 0.1) is 6.92 Å². The molecule has 2 aromatic heterocycles. The zero-order chi connectivity index (χ0) is 18.3. The molecule has 1 aliphatic rings. The molecule has 0 amide bonds. The first kappa shape index (κ1) is 17.4. The second-order valence-electron chi connectivity index (χ2n) is 6.85. The van der Waals surface area contributed by atoms with Gasteiger partial charge in [-0.25, -0.2) is 15.0 Å². The Bertz CT molecular complexity index is 946. The summed E-state index contributed by atoms with van der Waals surface area (Å²) in [5.41, 5.74) is 3.99. The molecule has 0 radical (unpaired) electrons. The number of aryl methyl sites for hydroxylation is 1. The lowest BCUT2D eigenvalue weighted by atomic mass is 10.0. The lowest BCUT2D eigenvalue weighted by molar-refractivity contribution is 0.122. The van der Waals surface area contributed by atoms with Crippen LogP contribution in [0.4, 0.5) is 5.82 Å². The van der Waals surface area contributed by atoms with Crippen LogP contribution >= 0.6 is 15.9 Å². The van der Waals surface area contributed by atoms with Gasteiger partial charge in [-0.2, -0.15) is 0 Å². The minimum atomic E-state index is 0.484. The largest absolute Gasteiger partial charge is 0.378 e. The Morgan fingerprint density at radius 3 is 2.62 bits per heavy atom. The molecule has 3 heterocycles. The van der Waals surface area contributed by atoms with Gasteiger partial charge in [-0.05, 0) is 46.5 Å². The third-order valence-corrected chi connectivity index (χ3v) is 5.33. The van der Waals surface area contributed by atoms with E-state index in [4.69, 9.17) is 4.74 Å². The molecule has 0 N–H and O–H groups in total. The number of anilines is 1. The Morgan fingerprint density at radius 1 is 1.15 bits per heavy atom. The predicted octanol–water partition coefficient (Wildman–Crippen LogP) is 3.85. The van der Waals surface area contributed by atoms with Crippen molar-refractivity contribution < 1.29 is 4.74 Å². The summed E-state index contributed by atoms with van der Waals surface area (Å²) in [7, 11) is 0. The zero-order valence-electron chi connectivity index (χ0n) is 15.2. The van der Waals surface area contributed by atoms with Crippen molar-refractivity contribution in [2.75, 3.05) is 31.2 Å². The normalized spacial score (nSPS) is 15.2. The van der Waals surface area contributed by atoms with Gasteiger partial charge in [-0.1, -0.05) is 19.9 Å². The number of benzene rings is 1. The fourth-order valence-corrected chi connectivity index (χ4v) is 3.83. The van der Waals surface area contributed by atoms with Gasteiger partial charge in [0, 0.05) is 17.6 Å². The first-order chi connectivity index (χ1) is 12.5. The van der Waals surface area contributed by atoms with Crippen molar-refractivity contribution in [3.8, 4) is 5.69 Å². The number of halogens is 1. The summed E-state index contributed by atoms with van der Waals surface area (Å²) >= 11 is 3.72. The average Bonchev–Trinajstić information content (AvgIpc) is 3.05.